The van der Waals surface area contributed by atoms with E-state index >= 15 is 0 Å². The van der Waals surface area contributed by atoms with Gasteiger partial charge in [0.2, 0.25) is 0 Å². The number of amides is 1. The Morgan fingerprint density at radius 2 is 1.97 bits per heavy atom. The number of hydrogen-bond acceptors (Lipinski definition) is 5. The number of benzene rings is 1. The molecule has 182 valence electrons. The Kier molecular flexibility index (Phi) is 7.42. The third kappa shape index (κ3) is 5.19. The van der Waals surface area contributed by atoms with E-state index in [0.29, 0.717) is 25.6 Å². The number of rotatable bonds is 5. The molecule has 1 aromatic carbocycles. The monoisotopic (exact) mass is 473 g/mol. The van der Waals surface area contributed by atoms with Gasteiger partial charge in [0.15, 0.2) is 0 Å². The minimum atomic E-state index is -5.08. The van der Waals surface area contributed by atoms with Crippen LogP contribution >= 0.6 is 0 Å². The lowest BCUT2D eigenvalue weighted by Gasteiger charge is -2.28. The van der Waals surface area contributed by atoms with Gasteiger partial charge in [0.05, 0.1) is 13.2 Å². The van der Waals surface area contributed by atoms with Crippen molar-refractivity contribution >= 4 is 17.7 Å². The highest BCUT2D eigenvalue weighted by molar-refractivity contribution is 6.07. The molecule has 1 amide bonds. The van der Waals surface area contributed by atoms with E-state index in [1.807, 2.05) is 19.1 Å². The lowest BCUT2D eigenvalue weighted by Crippen LogP contribution is -2.47. The van der Waals surface area contributed by atoms with Crippen LogP contribution in [0.25, 0.3) is 0 Å². The van der Waals surface area contributed by atoms with Gasteiger partial charge in [-0.15, -0.1) is 0 Å². The molecular formula is C22H27F4N3O4. The van der Waals surface area contributed by atoms with Crippen LogP contribution < -0.4 is 0 Å². The number of alkyl halides is 3. The molecule has 1 aromatic rings. The Bertz CT molecular complexity index is 923. The first kappa shape index (κ1) is 25.1. The second-order valence-corrected chi connectivity index (χ2v) is 8.53. The van der Waals surface area contributed by atoms with Crippen LogP contribution in [0.4, 0.5) is 17.6 Å². The summed E-state index contributed by atoms with van der Waals surface area (Å²) in [6.45, 7) is 5.31. The first-order valence-corrected chi connectivity index (χ1v) is 10.6. The van der Waals surface area contributed by atoms with E-state index < -0.39 is 17.7 Å². The molecule has 2 aliphatic heterocycles. The summed E-state index contributed by atoms with van der Waals surface area (Å²) in [6.07, 6.45) is -3.24. The molecule has 7 nitrogen and oxygen atoms in total. The van der Waals surface area contributed by atoms with Gasteiger partial charge in [-0.1, -0.05) is 18.2 Å². The fraction of sp³-hybridized carbons (Fsp3) is 0.591. The molecule has 2 heterocycles. The molecule has 33 heavy (non-hydrogen) atoms. The molecule has 2 fully saturated rings. The van der Waals surface area contributed by atoms with Crippen LogP contribution in [0.1, 0.15) is 25.3 Å². The normalized spacial score (nSPS) is 26.9. The Hall–Kier alpha value is -2.53. The number of aliphatic carboxylic acids is 1. The number of carbonyl (C=O) groups excluding carboxylic acids is 1. The highest BCUT2D eigenvalue weighted by Crippen LogP contribution is 2.50. The lowest BCUT2D eigenvalue weighted by atomic mass is 9.85. The van der Waals surface area contributed by atoms with Crippen molar-refractivity contribution in [2.45, 2.75) is 38.0 Å². The Labute approximate surface area is 189 Å². The number of fused-ring (bicyclic) bond motifs is 2. The standard InChI is InChI=1S/C20H26FN3O2.C2HF3O2/c1-14-22-20(19(25)24(14)9-10-26-2)8-7-15-11-23(13-17(15)20)12-16-5-3-4-6-18(16)21;3-2(4,5)1(6)7/h3-6,15,17H,7-13H2,1-2H3;(H,6,7)/t15-,17+,20-;/m1./s1. The number of carbonyl (C=O) groups is 2. The molecule has 1 spiro atoms. The van der Waals surface area contributed by atoms with Crippen LogP contribution in [0.5, 0.6) is 0 Å². The second kappa shape index (κ2) is 9.76. The molecule has 1 saturated carbocycles. The van der Waals surface area contributed by atoms with Crippen LogP contribution in [0.15, 0.2) is 29.3 Å². The maximum absolute atomic E-state index is 14.0. The first-order chi connectivity index (χ1) is 15.5. The van der Waals surface area contributed by atoms with Crippen LogP contribution in [0.3, 0.4) is 0 Å². The summed E-state index contributed by atoms with van der Waals surface area (Å²) < 4.78 is 50.9. The van der Waals surface area contributed by atoms with E-state index in [0.717, 1.165) is 37.3 Å². The molecule has 3 aliphatic rings. The predicted octanol–water partition coefficient (Wildman–Crippen LogP) is 2.95. The van der Waals surface area contributed by atoms with E-state index in [9.17, 15) is 22.4 Å². The summed E-state index contributed by atoms with van der Waals surface area (Å²) in [7, 11) is 1.64. The number of ether oxygens (including phenoxy) is 1. The van der Waals surface area contributed by atoms with Crippen molar-refractivity contribution in [2.75, 3.05) is 33.4 Å². The van der Waals surface area contributed by atoms with Gasteiger partial charge in [0.1, 0.15) is 17.2 Å². The van der Waals surface area contributed by atoms with Crippen molar-refractivity contribution in [1.82, 2.24) is 9.80 Å². The van der Waals surface area contributed by atoms with Crippen LogP contribution in [-0.4, -0.2) is 77.7 Å². The molecule has 1 N–H and O–H groups in total. The summed E-state index contributed by atoms with van der Waals surface area (Å²) in [4.78, 5) is 31.0. The van der Waals surface area contributed by atoms with Crippen molar-refractivity contribution in [3.63, 3.8) is 0 Å². The van der Waals surface area contributed by atoms with Gasteiger partial charge in [0, 0.05) is 38.2 Å². The third-order valence-electron chi connectivity index (χ3n) is 6.51. The minimum absolute atomic E-state index is 0.132. The lowest BCUT2D eigenvalue weighted by molar-refractivity contribution is -0.192. The molecule has 3 atom stereocenters. The number of aliphatic imine (C=N–C) groups is 1. The van der Waals surface area contributed by atoms with Gasteiger partial charge in [-0.2, -0.15) is 13.2 Å². The molecule has 1 aliphatic carbocycles. The Morgan fingerprint density at radius 1 is 1.30 bits per heavy atom. The highest BCUT2D eigenvalue weighted by Gasteiger charge is 2.60. The quantitative estimate of drug-likeness (QED) is 0.665. The average Bonchev–Trinajstić information content (AvgIpc) is 3.36. The van der Waals surface area contributed by atoms with Gasteiger partial charge < -0.3 is 9.84 Å². The number of carboxylic acid groups (broad SMARTS) is 1. The summed E-state index contributed by atoms with van der Waals surface area (Å²) >= 11 is 0. The SMILES string of the molecule is COCCN1C(=O)[C@]2(CC[C@@H]3CN(Cc4ccccc4F)C[C@@H]32)N=C1C.O=C(O)C(F)(F)F. The number of halogens is 4. The van der Waals surface area contributed by atoms with Crippen molar-refractivity contribution in [3.05, 3.63) is 35.6 Å². The molecule has 1 saturated heterocycles. The fourth-order valence-electron chi connectivity index (χ4n) is 5.01. The van der Waals surface area contributed by atoms with Crippen LogP contribution in [0.2, 0.25) is 0 Å². The zero-order valence-corrected chi connectivity index (χ0v) is 18.4. The number of methoxy groups -OCH3 is 1. The van der Waals surface area contributed by atoms with Crippen molar-refractivity contribution in [1.29, 1.82) is 0 Å². The Morgan fingerprint density at radius 3 is 2.58 bits per heavy atom. The van der Waals surface area contributed by atoms with Crippen LogP contribution in [0, 0.1) is 17.7 Å². The van der Waals surface area contributed by atoms with E-state index in [1.54, 1.807) is 18.1 Å². The van der Waals surface area contributed by atoms with Gasteiger partial charge in [-0.3, -0.25) is 19.6 Å². The molecular weight excluding hydrogens is 446 g/mol. The van der Waals surface area contributed by atoms with Crippen molar-refractivity contribution in [3.8, 4) is 0 Å². The summed E-state index contributed by atoms with van der Waals surface area (Å²) in [5, 5.41) is 7.12. The molecule has 0 bridgehead atoms. The number of carboxylic acids is 1. The first-order valence-electron chi connectivity index (χ1n) is 10.6. The Balaban J connectivity index is 0.000000383. The van der Waals surface area contributed by atoms with Crippen LogP contribution in [-0.2, 0) is 20.9 Å². The summed E-state index contributed by atoms with van der Waals surface area (Å²) in [5.74, 6) is -1.29. The smallest absolute Gasteiger partial charge is 0.475 e. The topological polar surface area (TPSA) is 82.4 Å². The zero-order valence-electron chi connectivity index (χ0n) is 18.4. The maximum atomic E-state index is 14.0. The fourth-order valence-corrected chi connectivity index (χ4v) is 5.01. The summed E-state index contributed by atoms with van der Waals surface area (Å²) in [5.41, 5.74) is 0.118. The maximum Gasteiger partial charge on any atom is 0.490 e. The molecule has 4 rings (SSSR count). The number of likely N-dealkylation sites (tertiary alicyclic amines) is 1. The minimum Gasteiger partial charge on any atom is -0.475 e. The van der Waals surface area contributed by atoms with Gasteiger partial charge >= 0.3 is 12.1 Å². The molecule has 0 aromatic heterocycles. The van der Waals surface area contributed by atoms with E-state index in [-0.39, 0.29) is 17.6 Å². The third-order valence-corrected chi connectivity index (χ3v) is 6.51. The zero-order chi connectivity index (χ0) is 24.4. The number of hydrogen-bond donors (Lipinski definition) is 1. The van der Waals surface area contributed by atoms with Crippen molar-refractivity contribution < 1.29 is 37.0 Å². The highest BCUT2D eigenvalue weighted by atomic mass is 19.4. The van der Waals surface area contributed by atoms with Crippen molar-refractivity contribution in [2.24, 2.45) is 16.8 Å². The number of nitrogens with zero attached hydrogens (tertiary/aromatic N) is 3. The predicted molar refractivity (Wildman–Crippen MR) is 111 cm³/mol. The second-order valence-electron chi connectivity index (χ2n) is 8.53. The van der Waals surface area contributed by atoms with Gasteiger partial charge in [0.25, 0.3) is 5.91 Å². The van der Waals surface area contributed by atoms with E-state index in [4.69, 9.17) is 19.6 Å². The molecule has 11 heteroatoms. The van der Waals surface area contributed by atoms with E-state index in [2.05, 4.69) is 4.90 Å². The molecule has 0 unspecified atom stereocenters. The average molecular weight is 473 g/mol. The molecule has 0 radical (unpaired) electrons. The van der Waals surface area contributed by atoms with E-state index in [1.165, 1.54) is 6.07 Å². The number of amidine groups is 1. The largest absolute Gasteiger partial charge is 0.490 e. The van der Waals surface area contributed by atoms with Gasteiger partial charge in [-0.05, 0) is 31.7 Å². The summed E-state index contributed by atoms with van der Waals surface area (Å²) in [6, 6.07) is 6.94. The van der Waals surface area contributed by atoms with Gasteiger partial charge in [-0.25, -0.2) is 9.18 Å².